The number of nitrogens with one attached hydrogen (secondary N) is 1. The number of nitrogens with zero attached hydrogens (tertiary/aromatic N) is 1. The Hall–Kier alpha value is -2.15. The van der Waals surface area contributed by atoms with Crippen molar-refractivity contribution in [3.63, 3.8) is 0 Å². The van der Waals surface area contributed by atoms with Gasteiger partial charge in [-0.3, -0.25) is 29.4 Å². The van der Waals surface area contributed by atoms with Gasteiger partial charge in [-0.2, -0.15) is 0 Å². The molecule has 6 nitrogen and oxygen atoms in total. The van der Waals surface area contributed by atoms with Crippen molar-refractivity contribution in [3.8, 4) is 0 Å². The van der Waals surface area contributed by atoms with E-state index in [-0.39, 0.29) is 18.7 Å². The molecule has 0 radical (unpaired) electrons. The van der Waals surface area contributed by atoms with Crippen molar-refractivity contribution in [3.05, 3.63) is 29.3 Å². The minimum atomic E-state index is -0.915. The summed E-state index contributed by atoms with van der Waals surface area (Å²) in [6.07, 6.45) is 7.52. The third kappa shape index (κ3) is 4.29. The summed E-state index contributed by atoms with van der Waals surface area (Å²) in [6, 6.07) is 4.36. The molecule has 1 fully saturated rings. The average Bonchev–Trinajstić information content (AvgIpc) is 2.93. The highest BCUT2D eigenvalue weighted by Gasteiger charge is 2.45. The van der Waals surface area contributed by atoms with E-state index < -0.39 is 23.8 Å². The van der Waals surface area contributed by atoms with Crippen LogP contribution < -0.4 is 5.32 Å². The van der Waals surface area contributed by atoms with Gasteiger partial charge in [-0.25, -0.2) is 0 Å². The molecule has 7 heteroatoms. The molecule has 1 unspecified atom stereocenters. The zero-order valence-electron chi connectivity index (χ0n) is 16.2. The largest absolute Gasteiger partial charge is 0.295 e. The molecule has 2 aliphatic heterocycles. The molecule has 0 aliphatic carbocycles. The number of hydrogen-bond donors (Lipinski definition) is 1. The predicted octanol–water partition coefficient (Wildman–Crippen LogP) is 3.54. The third-order valence-corrected chi connectivity index (χ3v) is 6.33. The van der Waals surface area contributed by atoms with Gasteiger partial charge in [0.15, 0.2) is 0 Å². The van der Waals surface area contributed by atoms with Crippen molar-refractivity contribution < 1.29 is 19.2 Å². The number of rotatable bonds is 9. The molecule has 1 atom stereocenters. The number of carbonyl (C=O) groups excluding carboxylic acids is 4. The van der Waals surface area contributed by atoms with E-state index in [1.165, 1.54) is 25.7 Å². The number of imide groups is 2. The Morgan fingerprint density at radius 1 is 1.04 bits per heavy atom. The molecule has 0 spiro atoms. The standard InChI is InChI=1S/C21H26N2O4S/c1-2-3-4-5-6-7-13-28-16-10-8-9-14-18(16)21(27)23(20(14)26)15-11-12-17(24)22-19(15)25/h8-10,15H,2-7,11-13H2,1H3,(H,22,24,25). The van der Waals surface area contributed by atoms with Gasteiger partial charge < -0.3 is 0 Å². The van der Waals surface area contributed by atoms with Crippen LogP contribution in [0.25, 0.3) is 0 Å². The molecular weight excluding hydrogens is 376 g/mol. The summed E-state index contributed by atoms with van der Waals surface area (Å²) in [4.78, 5) is 51.1. The van der Waals surface area contributed by atoms with Gasteiger partial charge in [0, 0.05) is 11.3 Å². The summed E-state index contributed by atoms with van der Waals surface area (Å²) in [5.74, 6) is -0.931. The van der Waals surface area contributed by atoms with E-state index in [9.17, 15) is 19.2 Å². The molecular formula is C21H26N2O4S. The van der Waals surface area contributed by atoms with E-state index in [4.69, 9.17) is 0 Å². The molecule has 0 aromatic heterocycles. The molecule has 2 aliphatic rings. The fraction of sp³-hybridized carbons (Fsp3) is 0.524. The lowest BCUT2D eigenvalue weighted by atomic mass is 10.0. The molecule has 3 rings (SSSR count). The van der Waals surface area contributed by atoms with E-state index in [0.29, 0.717) is 11.1 Å². The van der Waals surface area contributed by atoms with Crippen LogP contribution in [0.1, 0.15) is 79.0 Å². The minimum Gasteiger partial charge on any atom is -0.295 e. The van der Waals surface area contributed by atoms with Crippen molar-refractivity contribution in [2.45, 2.75) is 69.2 Å². The van der Waals surface area contributed by atoms with Gasteiger partial charge >= 0.3 is 0 Å². The highest BCUT2D eigenvalue weighted by atomic mass is 32.2. The van der Waals surface area contributed by atoms with E-state index in [1.807, 2.05) is 6.07 Å². The molecule has 0 saturated carbocycles. The lowest BCUT2D eigenvalue weighted by molar-refractivity contribution is -0.136. The van der Waals surface area contributed by atoms with Crippen molar-refractivity contribution in [2.24, 2.45) is 0 Å². The highest BCUT2D eigenvalue weighted by Crippen LogP contribution is 2.34. The van der Waals surface area contributed by atoms with E-state index in [0.717, 1.165) is 28.4 Å². The fourth-order valence-corrected chi connectivity index (χ4v) is 4.75. The number of benzene rings is 1. The summed E-state index contributed by atoms with van der Waals surface area (Å²) in [7, 11) is 0. The van der Waals surface area contributed by atoms with Crippen LogP contribution >= 0.6 is 11.8 Å². The van der Waals surface area contributed by atoms with Crippen molar-refractivity contribution in [1.29, 1.82) is 0 Å². The fourth-order valence-electron chi connectivity index (χ4n) is 3.67. The zero-order valence-corrected chi connectivity index (χ0v) is 17.0. The van der Waals surface area contributed by atoms with Gasteiger partial charge in [0.1, 0.15) is 6.04 Å². The van der Waals surface area contributed by atoms with Crippen molar-refractivity contribution in [2.75, 3.05) is 5.75 Å². The van der Waals surface area contributed by atoms with Crippen LogP contribution in [-0.2, 0) is 9.59 Å². The monoisotopic (exact) mass is 402 g/mol. The molecule has 1 N–H and O–H groups in total. The molecule has 1 aromatic carbocycles. The molecule has 0 bridgehead atoms. The Balaban J connectivity index is 1.66. The summed E-state index contributed by atoms with van der Waals surface area (Å²) >= 11 is 1.59. The first-order chi connectivity index (χ1) is 13.5. The first kappa shape index (κ1) is 20.6. The number of unbranched alkanes of at least 4 members (excludes halogenated alkanes) is 5. The number of carbonyl (C=O) groups is 4. The van der Waals surface area contributed by atoms with Crippen LogP contribution in [0.15, 0.2) is 23.1 Å². The molecule has 150 valence electrons. The molecule has 2 heterocycles. The summed E-state index contributed by atoms with van der Waals surface area (Å²) < 4.78 is 0. The smallest absolute Gasteiger partial charge is 0.263 e. The number of thioether (sulfide) groups is 1. The van der Waals surface area contributed by atoms with Gasteiger partial charge in [0.05, 0.1) is 11.1 Å². The molecule has 1 saturated heterocycles. The Labute approximate surface area is 169 Å². The predicted molar refractivity (Wildman–Crippen MR) is 107 cm³/mol. The van der Waals surface area contributed by atoms with Gasteiger partial charge in [-0.15, -0.1) is 11.8 Å². The molecule has 4 amide bonds. The second kappa shape index (κ2) is 9.37. The van der Waals surface area contributed by atoms with Crippen LogP contribution in [-0.4, -0.2) is 40.3 Å². The van der Waals surface area contributed by atoms with Gasteiger partial charge in [-0.1, -0.05) is 45.1 Å². The maximum absolute atomic E-state index is 13.0. The van der Waals surface area contributed by atoms with E-state index in [1.54, 1.807) is 23.9 Å². The average molecular weight is 403 g/mol. The van der Waals surface area contributed by atoms with Crippen molar-refractivity contribution in [1.82, 2.24) is 10.2 Å². The lowest BCUT2D eigenvalue weighted by Crippen LogP contribution is -2.54. The normalized spacial score (nSPS) is 19.2. The van der Waals surface area contributed by atoms with Gasteiger partial charge in [0.2, 0.25) is 11.8 Å². The Morgan fingerprint density at radius 3 is 2.54 bits per heavy atom. The maximum atomic E-state index is 13.0. The summed E-state index contributed by atoms with van der Waals surface area (Å²) in [5, 5.41) is 2.22. The maximum Gasteiger partial charge on any atom is 0.263 e. The molecule has 1 aromatic rings. The van der Waals surface area contributed by atoms with Crippen LogP contribution in [0.2, 0.25) is 0 Å². The first-order valence-corrected chi connectivity index (χ1v) is 11.0. The van der Waals surface area contributed by atoms with E-state index in [2.05, 4.69) is 12.2 Å². The zero-order chi connectivity index (χ0) is 20.1. The van der Waals surface area contributed by atoms with Crippen LogP contribution in [0, 0.1) is 0 Å². The van der Waals surface area contributed by atoms with Crippen LogP contribution in [0.3, 0.4) is 0 Å². The number of fused-ring (bicyclic) bond motifs is 1. The number of hydrogen-bond acceptors (Lipinski definition) is 5. The Morgan fingerprint density at radius 2 is 1.79 bits per heavy atom. The van der Waals surface area contributed by atoms with Gasteiger partial charge in [-0.05, 0) is 30.7 Å². The summed E-state index contributed by atoms with van der Waals surface area (Å²) in [5.41, 5.74) is 0.746. The third-order valence-electron chi connectivity index (χ3n) is 5.19. The second-order valence-corrected chi connectivity index (χ2v) is 8.38. The highest BCUT2D eigenvalue weighted by molar-refractivity contribution is 7.99. The summed E-state index contributed by atoms with van der Waals surface area (Å²) in [6.45, 7) is 2.20. The van der Waals surface area contributed by atoms with Crippen LogP contribution in [0.5, 0.6) is 0 Å². The minimum absolute atomic E-state index is 0.128. The molecule has 28 heavy (non-hydrogen) atoms. The number of amides is 4. The SMILES string of the molecule is CCCCCCCCSc1cccc2c1C(=O)N(C1CCC(=O)NC1=O)C2=O. The quantitative estimate of drug-likeness (QED) is 0.388. The lowest BCUT2D eigenvalue weighted by Gasteiger charge is -2.27. The van der Waals surface area contributed by atoms with E-state index >= 15 is 0 Å². The topological polar surface area (TPSA) is 83.6 Å². The van der Waals surface area contributed by atoms with Crippen molar-refractivity contribution >= 4 is 35.4 Å². The van der Waals surface area contributed by atoms with Gasteiger partial charge in [0.25, 0.3) is 11.8 Å². The second-order valence-electron chi connectivity index (χ2n) is 7.24. The first-order valence-electron chi connectivity index (χ1n) is 10.0. The number of piperidine rings is 1. The Kier molecular flexibility index (Phi) is 6.88. The van der Waals surface area contributed by atoms with Crippen LogP contribution in [0.4, 0.5) is 0 Å². The Bertz CT molecular complexity index is 793.